The van der Waals surface area contributed by atoms with Crippen molar-refractivity contribution in [2.24, 2.45) is 0 Å². The van der Waals surface area contributed by atoms with E-state index in [0.717, 1.165) is 27.8 Å². The molecule has 0 spiro atoms. The number of rotatable bonds is 7. The van der Waals surface area contributed by atoms with Gasteiger partial charge in [0.25, 0.3) is 0 Å². The van der Waals surface area contributed by atoms with E-state index in [4.69, 9.17) is 9.47 Å². The first-order chi connectivity index (χ1) is 17.4. The molecule has 0 saturated heterocycles. The average molecular weight is 487 g/mol. The van der Waals surface area contributed by atoms with Crippen molar-refractivity contribution in [1.29, 1.82) is 0 Å². The van der Waals surface area contributed by atoms with Gasteiger partial charge in [0.05, 0.1) is 13.7 Å². The molecule has 2 amide bonds. The number of methoxy groups -OCH3 is 1. The number of nitrogens with zero attached hydrogens (tertiary/aromatic N) is 1. The van der Waals surface area contributed by atoms with Crippen molar-refractivity contribution in [2.45, 2.75) is 45.0 Å². The Kier molecular flexibility index (Phi) is 8.00. The van der Waals surface area contributed by atoms with Gasteiger partial charge in [-0.25, -0.2) is 9.59 Å². The van der Waals surface area contributed by atoms with Crippen LogP contribution in [0.2, 0.25) is 0 Å². The summed E-state index contributed by atoms with van der Waals surface area (Å²) in [5, 5.41) is 2.83. The molecule has 1 aliphatic rings. The van der Waals surface area contributed by atoms with Crippen molar-refractivity contribution in [3.05, 3.63) is 107 Å². The number of hydrogen-bond donors (Lipinski definition) is 1. The summed E-state index contributed by atoms with van der Waals surface area (Å²) < 4.78 is 10.5. The van der Waals surface area contributed by atoms with Crippen LogP contribution in [0.3, 0.4) is 0 Å². The molecule has 0 aliphatic carbocycles. The van der Waals surface area contributed by atoms with E-state index >= 15 is 0 Å². The summed E-state index contributed by atoms with van der Waals surface area (Å²) >= 11 is 0. The molecule has 0 aromatic heterocycles. The van der Waals surface area contributed by atoms with E-state index in [1.807, 2.05) is 85.8 Å². The highest BCUT2D eigenvalue weighted by Crippen LogP contribution is 2.25. The van der Waals surface area contributed by atoms with Crippen LogP contribution in [0.15, 0.2) is 78.9 Å². The van der Waals surface area contributed by atoms with E-state index in [1.165, 1.54) is 12.0 Å². The molecule has 7 heteroatoms. The summed E-state index contributed by atoms with van der Waals surface area (Å²) in [6.45, 7) is 2.31. The average Bonchev–Trinajstić information content (AvgIpc) is 2.90. The zero-order chi connectivity index (χ0) is 25.5. The molecule has 0 saturated carbocycles. The maximum absolute atomic E-state index is 13.5. The third-order valence-corrected chi connectivity index (χ3v) is 6.32. The Hall–Kier alpha value is -4.13. The number of esters is 1. The number of nitrogens with one attached hydrogen (secondary N) is 1. The van der Waals surface area contributed by atoms with Gasteiger partial charge in [-0.3, -0.25) is 9.69 Å². The minimum atomic E-state index is -0.886. The van der Waals surface area contributed by atoms with Crippen LogP contribution in [0, 0.1) is 6.92 Å². The fourth-order valence-corrected chi connectivity index (χ4v) is 4.43. The van der Waals surface area contributed by atoms with E-state index in [9.17, 15) is 14.4 Å². The van der Waals surface area contributed by atoms with Crippen LogP contribution < -0.4 is 5.32 Å². The molecule has 3 aromatic carbocycles. The first-order valence-corrected chi connectivity index (χ1v) is 11.9. The van der Waals surface area contributed by atoms with Gasteiger partial charge in [0.15, 0.2) is 0 Å². The summed E-state index contributed by atoms with van der Waals surface area (Å²) in [6, 6.07) is 23.1. The van der Waals surface area contributed by atoms with E-state index < -0.39 is 30.1 Å². The lowest BCUT2D eigenvalue weighted by Gasteiger charge is -2.35. The molecule has 186 valence electrons. The third kappa shape index (κ3) is 6.10. The van der Waals surface area contributed by atoms with Gasteiger partial charge in [-0.2, -0.15) is 0 Å². The Morgan fingerprint density at radius 3 is 2.36 bits per heavy atom. The Balaban J connectivity index is 1.53. The first-order valence-electron chi connectivity index (χ1n) is 11.9. The lowest BCUT2D eigenvalue weighted by atomic mass is 9.93. The predicted octanol–water partition coefficient (Wildman–Crippen LogP) is 3.96. The van der Waals surface area contributed by atoms with Crippen molar-refractivity contribution in [3.63, 3.8) is 0 Å². The van der Waals surface area contributed by atoms with Gasteiger partial charge in [0.2, 0.25) is 5.91 Å². The molecule has 1 N–H and O–H groups in total. The molecule has 4 rings (SSSR count). The molecule has 3 aromatic rings. The number of ether oxygens (including phenoxy) is 2. The summed E-state index contributed by atoms with van der Waals surface area (Å²) in [6.07, 6.45) is 0.0182. The van der Waals surface area contributed by atoms with Crippen LogP contribution in [0.5, 0.6) is 0 Å². The van der Waals surface area contributed by atoms with Gasteiger partial charge >= 0.3 is 12.1 Å². The lowest BCUT2D eigenvalue weighted by Crippen LogP contribution is -2.56. The maximum atomic E-state index is 13.5. The second-order valence-electron chi connectivity index (χ2n) is 8.93. The third-order valence-electron chi connectivity index (χ3n) is 6.32. The molecule has 36 heavy (non-hydrogen) atoms. The first kappa shape index (κ1) is 25.0. The van der Waals surface area contributed by atoms with Crippen molar-refractivity contribution in [1.82, 2.24) is 10.2 Å². The fourth-order valence-electron chi connectivity index (χ4n) is 4.43. The Morgan fingerprint density at radius 1 is 0.944 bits per heavy atom. The normalized spacial score (nSPS) is 15.4. The van der Waals surface area contributed by atoms with Gasteiger partial charge in [-0.15, -0.1) is 0 Å². The highest BCUT2D eigenvalue weighted by Gasteiger charge is 2.37. The zero-order valence-electron chi connectivity index (χ0n) is 20.5. The number of hydrogen-bond acceptors (Lipinski definition) is 5. The van der Waals surface area contributed by atoms with E-state index in [1.54, 1.807) is 0 Å². The van der Waals surface area contributed by atoms with E-state index in [2.05, 4.69) is 5.32 Å². The quantitative estimate of drug-likeness (QED) is 0.511. The zero-order valence-corrected chi connectivity index (χ0v) is 20.5. The predicted molar refractivity (Wildman–Crippen MR) is 135 cm³/mol. The minimum absolute atomic E-state index is 0.101. The number of amides is 2. The minimum Gasteiger partial charge on any atom is -0.467 e. The molecular formula is C29H30N2O5. The SMILES string of the molecule is COC(=O)[C@@H](Cc1cccc(C)c1)NC(=O)[C@@H]1Cc2ccccc2CN1C(=O)OCc1ccccc1. The van der Waals surface area contributed by atoms with Gasteiger partial charge in [0, 0.05) is 12.8 Å². The van der Waals surface area contributed by atoms with Crippen molar-refractivity contribution < 1.29 is 23.9 Å². The second-order valence-corrected chi connectivity index (χ2v) is 8.93. The highest BCUT2D eigenvalue weighted by molar-refractivity contribution is 5.90. The Bertz CT molecular complexity index is 1230. The highest BCUT2D eigenvalue weighted by atomic mass is 16.6. The maximum Gasteiger partial charge on any atom is 0.411 e. The number of fused-ring (bicyclic) bond motifs is 1. The van der Waals surface area contributed by atoms with Gasteiger partial charge in [-0.1, -0.05) is 84.4 Å². The largest absolute Gasteiger partial charge is 0.467 e. The van der Waals surface area contributed by atoms with Crippen LogP contribution >= 0.6 is 0 Å². The Morgan fingerprint density at radius 2 is 1.64 bits per heavy atom. The van der Waals surface area contributed by atoms with Crippen LogP contribution in [-0.4, -0.2) is 42.1 Å². The monoisotopic (exact) mass is 486 g/mol. The van der Waals surface area contributed by atoms with Crippen LogP contribution in [0.1, 0.15) is 27.8 Å². The smallest absolute Gasteiger partial charge is 0.411 e. The number of carbonyl (C=O) groups excluding carboxylic acids is 3. The molecule has 2 atom stereocenters. The number of benzene rings is 3. The van der Waals surface area contributed by atoms with Crippen molar-refractivity contribution in [2.75, 3.05) is 7.11 Å². The Labute approximate surface area is 211 Å². The van der Waals surface area contributed by atoms with E-state index in [0.29, 0.717) is 6.42 Å². The number of carbonyl (C=O) groups is 3. The standard InChI is InChI=1S/C29H30N2O5/c1-20-9-8-12-22(15-20)16-25(28(33)35-2)30-27(32)26-17-23-13-6-7-14-24(23)18-31(26)29(34)36-19-21-10-4-3-5-11-21/h3-15,25-26H,16-19H2,1-2H3,(H,30,32)/t25-,26+/m1/s1. The fraction of sp³-hybridized carbons (Fsp3) is 0.276. The summed E-state index contributed by atoms with van der Waals surface area (Å²) in [5.41, 5.74) is 4.76. The van der Waals surface area contributed by atoms with Crippen LogP contribution in [0.25, 0.3) is 0 Å². The molecule has 0 unspecified atom stereocenters. The summed E-state index contributed by atoms with van der Waals surface area (Å²) in [5.74, 6) is -0.969. The molecule has 1 aliphatic heterocycles. The second kappa shape index (κ2) is 11.5. The van der Waals surface area contributed by atoms with Crippen molar-refractivity contribution in [3.8, 4) is 0 Å². The topological polar surface area (TPSA) is 84.9 Å². The van der Waals surface area contributed by atoms with Gasteiger partial charge in [0.1, 0.15) is 18.7 Å². The lowest BCUT2D eigenvalue weighted by molar-refractivity contribution is -0.145. The van der Waals surface area contributed by atoms with Crippen LogP contribution in [-0.2, 0) is 45.1 Å². The van der Waals surface area contributed by atoms with Gasteiger partial charge < -0.3 is 14.8 Å². The molecular weight excluding hydrogens is 456 g/mol. The molecule has 1 heterocycles. The van der Waals surface area contributed by atoms with Crippen molar-refractivity contribution >= 4 is 18.0 Å². The number of aryl methyl sites for hydroxylation is 1. The molecule has 0 radical (unpaired) electrons. The molecule has 7 nitrogen and oxygen atoms in total. The van der Waals surface area contributed by atoms with Gasteiger partial charge in [-0.05, 0) is 29.2 Å². The summed E-state index contributed by atoms with van der Waals surface area (Å²) in [7, 11) is 1.29. The van der Waals surface area contributed by atoms with Crippen LogP contribution in [0.4, 0.5) is 4.79 Å². The molecule has 0 bridgehead atoms. The summed E-state index contributed by atoms with van der Waals surface area (Å²) in [4.78, 5) is 40.6. The van der Waals surface area contributed by atoms with E-state index in [-0.39, 0.29) is 19.6 Å². The molecule has 0 fully saturated rings.